The van der Waals surface area contributed by atoms with Gasteiger partial charge in [0.1, 0.15) is 15.9 Å². The minimum Gasteiger partial charge on any atom is -0.696 e. The molecule has 0 amide bonds. The van der Waals surface area contributed by atoms with Gasteiger partial charge in [0.25, 0.3) is 0 Å². The molecular weight excluding hydrogens is 816 g/mol. The Kier molecular flexibility index (Phi) is 20.5. The normalized spacial score (nSPS) is 10.8. The predicted octanol–water partition coefficient (Wildman–Crippen LogP) is 15.8. The van der Waals surface area contributed by atoms with E-state index in [4.69, 9.17) is 10.6 Å². The van der Waals surface area contributed by atoms with Crippen LogP contribution < -0.4 is 15.9 Å². The van der Waals surface area contributed by atoms with Gasteiger partial charge in [-0.2, -0.15) is 36.4 Å². The fourth-order valence-electron chi connectivity index (χ4n) is 7.49. The van der Waals surface area contributed by atoms with Crippen molar-refractivity contribution in [1.82, 2.24) is 0 Å². The van der Waals surface area contributed by atoms with Crippen LogP contribution in [-0.2, 0) is 22.9 Å². The van der Waals surface area contributed by atoms with Crippen molar-refractivity contribution in [3.63, 3.8) is 0 Å². The molecule has 0 aliphatic carbocycles. The molecule has 0 N–H and O–H groups in total. The Bertz CT molecular complexity index is 2060. The van der Waals surface area contributed by atoms with Crippen molar-refractivity contribution in [3.05, 3.63) is 232 Å². The topological polar surface area (TPSA) is 42.3 Å². The summed E-state index contributed by atoms with van der Waals surface area (Å²) in [7, 11) is 0.982. The van der Waals surface area contributed by atoms with Crippen molar-refractivity contribution in [3.8, 4) is 0 Å². The first-order valence-electron chi connectivity index (χ1n) is 21.9. The third-order valence-electron chi connectivity index (χ3n) is 10.7. The van der Waals surface area contributed by atoms with E-state index in [1.54, 1.807) is 0 Å². The molecule has 0 aliphatic heterocycles. The van der Waals surface area contributed by atoms with E-state index in [-0.39, 0.29) is 22.7 Å². The van der Waals surface area contributed by atoms with Gasteiger partial charge in [-0.15, -0.1) is 24.1 Å². The fraction of sp³-hybridized carbons (Fsp3) is 0.263. The number of benzene rings is 7. The van der Waals surface area contributed by atoms with Crippen LogP contribution >= 0.6 is 7.92 Å². The van der Waals surface area contributed by atoms with Crippen LogP contribution in [-0.4, -0.2) is 13.2 Å². The van der Waals surface area contributed by atoms with Crippen molar-refractivity contribution < 1.29 is 16.5 Å². The molecule has 0 radical (unpaired) electrons. The molecule has 0 aliphatic rings. The third kappa shape index (κ3) is 14.2. The van der Waals surface area contributed by atoms with E-state index in [9.17, 15) is 0 Å². The van der Waals surface area contributed by atoms with Gasteiger partial charge in [-0.25, -0.2) is 6.17 Å². The van der Waals surface area contributed by atoms with Gasteiger partial charge < -0.3 is 16.0 Å². The van der Waals surface area contributed by atoms with Crippen LogP contribution in [0.3, 0.4) is 0 Å². The SMILES string of the molecule is C[N-]c1ccccc1CC([N-]c1c(C(C)C)cccc1C(C)C)[N-]c1c(C(C)C)cccc1C(C)C.[Ni].[c-]1ccccc1.c1ccc([PH+](c2ccccc2)c2ccccc2)cc1. The Morgan fingerprint density at radius 3 is 1.06 bits per heavy atom. The second-order valence-electron chi connectivity index (χ2n) is 16.5. The molecule has 0 fully saturated rings. The van der Waals surface area contributed by atoms with Crippen molar-refractivity contribution >= 4 is 40.9 Å². The Morgan fingerprint density at radius 2 is 0.758 bits per heavy atom. The first-order chi connectivity index (χ1) is 29.6. The van der Waals surface area contributed by atoms with Gasteiger partial charge in [-0.1, -0.05) is 205 Å². The van der Waals surface area contributed by atoms with E-state index in [0.29, 0.717) is 30.1 Å². The summed E-state index contributed by atoms with van der Waals surface area (Å²) >= 11 is 0. The summed E-state index contributed by atoms with van der Waals surface area (Å²) in [5.41, 5.74) is 9.55. The van der Waals surface area contributed by atoms with E-state index >= 15 is 0 Å². The molecule has 3 nitrogen and oxygen atoms in total. The predicted molar refractivity (Wildman–Crippen MR) is 270 cm³/mol. The standard InChI is InChI=1S/C33H44N3.C18H15P.C6H5.Ni/c1-21(2)26-15-12-16-27(22(3)4)32(26)35-31(20-25-14-10-11-19-30(25)34-9)36-33-28(23(5)6)17-13-18-29(33)24(7)8;1-4-10-16(11-5-1)19(17-12-6-2-7-13-17)18-14-8-3-9-15-18;1-2-4-6-5-3-1;/h10-19,21-24,31H,20H2,1-9H3;1-15H;1-5H;/q-3;;-1;/p+1. The minimum atomic E-state index is -0.877. The van der Waals surface area contributed by atoms with E-state index in [1.807, 2.05) is 43.4 Å². The summed E-state index contributed by atoms with van der Waals surface area (Å²) in [4.78, 5) is 0. The molecule has 7 aromatic carbocycles. The van der Waals surface area contributed by atoms with Crippen molar-refractivity contribution in [2.75, 3.05) is 7.05 Å². The number of hydrogen-bond acceptors (Lipinski definition) is 0. The van der Waals surface area contributed by atoms with Crippen molar-refractivity contribution in [1.29, 1.82) is 0 Å². The molecule has 0 heterocycles. The van der Waals surface area contributed by atoms with Crippen LogP contribution in [0.1, 0.15) is 107 Å². The summed E-state index contributed by atoms with van der Waals surface area (Å²) in [6, 6.07) is 66.6. The number of para-hydroxylation sites is 3. The second-order valence-corrected chi connectivity index (χ2v) is 19.0. The Labute approximate surface area is 385 Å². The second kappa shape index (κ2) is 25.7. The maximum absolute atomic E-state index is 5.46. The van der Waals surface area contributed by atoms with Crippen LogP contribution in [0.15, 0.2) is 182 Å². The summed E-state index contributed by atoms with van der Waals surface area (Å²) in [5.74, 6) is 1.54. The summed E-state index contributed by atoms with van der Waals surface area (Å²) in [5, 5.41) is 19.8. The zero-order chi connectivity index (χ0) is 43.6. The van der Waals surface area contributed by atoms with Crippen LogP contribution in [0, 0.1) is 6.07 Å². The Morgan fingerprint density at radius 1 is 0.419 bits per heavy atom. The Balaban J connectivity index is 0.000000267. The average Bonchev–Trinajstić information content (AvgIpc) is 3.28. The molecule has 7 rings (SSSR count). The maximum atomic E-state index is 5.46. The first kappa shape index (κ1) is 49.5. The van der Waals surface area contributed by atoms with Crippen molar-refractivity contribution in [2.24, 2.45) is 0 Å². The van der Waals surface area contributed by atoms with Crippen LogP contribution in [0.4, 0.5) is 17.1 Å². The molecular formula is C57H65N3NiP-3. The largest absolute Gasteiger partial charge is 0.696 e. The molecule has 0 unspecified atom stereocenters. The number of rotatable bonds is 14. The fourth-order valence-corrected chi connectivity index (χ4v) is 10.1. The Hall–Kier alpha value is -5.14. The minimum absolute atomic E-state index is 0. The molecule has 7 aromatic rings. The monoisotopic (exact) mass is 880 g/mol. The summed E-state index contributed by atoms with van der Waals surface area (Å²) in [6.07, 6.45) is 0.462. The molecule has 0 bridgehead atoms. The van der Waals surface area contributed by atoms with Crippen LogP contribution in [0.25, 0.3) is 16.0 Å². The van der Waals surface area contributed by atoms with Crippen LogP contribution in [0.5, 0.6) is 0 Å². The van der Waals surface area contributed by atoms with Gasteiger partial charge in [-0.05, 0) is 60.1 Å². The van der Waals surface area contributed by atoms with E-state index in [2.05, 4.69) is 212 Å². The zero-order valence-electron chi connectivity index (χ0n) is 38.1. The molecule has 0 aromatic heterocycles. The van der Waals surface area contributed by atoms with Gasteiger partial charge in [0, 0.05) is 16.5 Å². The van der Waals surface area contributed by atoms with Crippen molar-refractivity contribution in [2.45, 2.75) is 91.6 Å². The average molecular weight is 882 g/mol. The number of hydrogen-bond donors (Lipinski definition) is 0. The molecule has 0 atom stereocenters. The molecule has 5 heteroatoms. The van der Waals surface area contributed by atoms with Gasteiger partial charge in [-0.3, -0.25) is 0 Å². The van der Waals surface area contributed by atoms with Gasteiger partial charge >= 0.3 is 0 Å². The third-order valence-corrected chi connectivity index (χ3v) is 13.4. The molecule has 326 valence electrons. The van der Waals surface area contributed by atoms with E-state index < -0.39 is 7.92 Å². The maximum Gasteiger partial charge on any atom is 0.102 e. The molecule has 0 spiro atoms. The zero-order valence-corrected chi connectivity index (χ0v) is 40.1. The van der Waals surface area contributed by atoms with Gasteiger partial charge in [0.05, 0.1) is 7.92 Å². The molecule has 0 saturated heterocycles. The van der Waals surface area contributed by atoms with E-state index in [0.717, 1.165) is 17.1 Å². The summed E-state index contributed by atoms with van der Waals surface area (Å²) in [6.45, 7) is 18.0. The first-order valence-corrected chi connectivity index (χ1v) is 23.4. The van der Waals surface area contributed by atoms with Gasteiger partial charge in [0.15, 0.2) is 0 Å². The quantitative estimate of drug-likeness (QED) is 0.0593. The van der Waals surface area contributed by atoms with Gasteiger partial charge in [0.2, 0.25) is 0 Å². The van der Waals surface area contributed by atoms with Crippen LogP contribution in [0.2, 0.25) is 0 Å². The number of nitrogens with zero attached hydrogens (tertiary/aromatic N) is 3. The van der Waals surface area contributed by atoms with E-state index in [1.165, 1.54) is 43.7 Å². The molecule has 62 heavy (non-hydrogen) atoms. The summed E-state index contributed by atoms with van der Waals surface area (Å²) < 4.78 is 0. The smallest absolute Gasteiger partial charge is 0.102 e. The molecule has 0 saturated carbocycles.